The quantitative estimate of drug-likeness (QED) is 0.409. The number of aliphatic imine (C=N–C) groups is 1. The topological polar surface area (TPSA) is 128 Å². The molecule has 3 saturated carbocycles. The summed E-state index contributed by atoms with van der Waals surface area (Å²) in [5, 5.41) is 15.4. The number of aliphatic carboxylic acids is 1. The minimum Gasteiger partial charge on any atom is -0.481 e. The second-order valence-corrected chi connectivity index (χ2v) is 13.7. The predicted octanol–water partition coefficient (Wildman–Crippen LogP) is 3.18. The standard InChI is InChI=1S/C31H35FN6O5S/c1-3-43-27(39)23-22(34-25(26-33-7-10-44-26)35-24(23)20-5-4-6-21(32)18(20)2)13-36-8-9-38-19(11-36)12-37(29(38)42)17-30-14-31(15-30,16-30)28(40)41/h4-7,10,19,24H,3,8-9,11-17H2,1-2H3,(H,34,35)(H,40,41)/t19-,24-,30?,31?/m0/s1. The maximum atomic E-state index is 14.7. The van der Waals surface area contributed by atoms with Crippen LogP contribution in [0.15, 0.2) is 46.0 Å². The predicted molar refractivity (Wildman–Crippen MR) is 160 cm³/mol. The van der Waals surface area contributed by atoms with Crippen molar-refractivity contribution in [3.8, 4) is 0 Å². The summed E-state index contributed by atoms with van der Waals surface area (Å²) in [6, 6.07) is 4.02. The molecule has 232 valence electrons. The molecule has 44 heavy (non-hydrogen) atoms. The summed E-state index contributed by atoms with van der Waals surface area (Å²) in [4.78, 5) is 53.7. The van der Waals surface area contributed by atoms with E-state index in [1.807, 2.05) is 15.2 Å². The Hall–Kier alpha value is -3.84. The number of urea groups is 1. The van der Waals surface area contributed by atoms with Gasteiger partial charge in [0.2, 0.25) is 0 Å². The molecule has 2 aromatic rings. The molecule has 3 aliphatic carbocycles. The summed E-state index contributed by atoms with van der Waals surface area (Å²) in [6.45, 7) is 6.96. The number of carbonyl (C=O) groups is 3. The Bertz CT molecular complexity index is 1570. The molecule has 2 bridgehead atoms. The van der Waals surface area contributed by atoms with Crippen LogP contribution in [0.25, 0.3) is 0 Å². The Labute approximate surface area is 258 Å². The van der Waals surface area contributed by atoms with Crippen molar-refractivity contribution in [3.05, 3.63) is 63.0 Å². The van der Waals surface area contributed by atoms with Gasteiger partial charge in [0.25, 0.3) is 0 Å². The number of nitrogens with one attached hydrogen (secondary N) is 1. The van der Waals surface area contributed by atoms with Crippen molar-refractivity contribution >= 4 is 35.1 Å². The molecule has 0 unspecified atom stereocenters. The van der Waals surface area contributed by atoms with Crippen LogP contribution in [-0.2, 0) is 14.3 Å². The number of amidine groups is 1. The van der Waals surface area contributed by atoms with Crippen LogP contribution in [0.2, 0.25) is 0 Å². The molecule has 2 amide bonds. The van der Waals surface area contributed by atoms with E-state index in [0.29, 0.717) is 91.8 Å². The number of carbonyl (C=O) groups excluding carboxylic acids is 2. The normalized spacial score (nSPS) is 29.4. The molecule has 3 aliphatic heterocycles. The van der Waals surface area contributed by atoms with Crippen molar-refractivity contribution in [2.24, 2.45) is 15.8 Å². The Kier molecular flexibility index (Phi) is 7.00. The van der Waals surface area contributed by atoms with Gasteiger partial charge < -0.3 is 25.0 Å². The molecule has 1 aromatic carbocycles. The lowest BCUT2D eigenvalue weighted by Crippen LogP contribution is -2.68. The molecule has 2 atom stereocenters. The number of piperazine rings is 1. The van der Waals surface area contributed by atoms with Gasteiger partial charge in [-0.3, -0.25) is 14.7 Å². The highest BCUT2D eigenvalue weighted by atomic mass is 32.1. The highest BCUT2D eigenvalue weighted by molar-refractivity contribution is 7.11. The fraction of sp³-hybridized carbons (Fsp3) is 0.516. The third kappa shape index (κ3) is 4.68. The average molecular weight is 623 g/mol. The van der Waals surface area contributed by atoms with E-state index in [2.05, 4.69) is 15.2 Å². The van der Waals surface area contributed by atoms with Crippen LogP contribution in [0.3, 0.4) is 0 Å². The maximum absolute atomic E-state index is 14.7. The first kappa shape index (κ1) is 28.9. The smallest absolute Gasteiger partial charge is 0.338 e. The summed E-state index contributed by atoms with van der Waals surface area (Å²) < 4.78 is 20.3. The van der Waals surface area contributed by atoms with Crippen LogP contribution in [0.5, 0.6) is 0 Å². The zero-order valence-corrected chi connectivity index (χ0v) is 25.5. The Balaban J connectivity index is 1.13. The number of amides is 2. The van der Waals surface area contributed by atoms with Gasteiger partial charge in [0.1, 0.15) is 11.9 Å². The summed E-state index contributed by atoms with van der Waals surface area (Å²) >= 11 is 1.42. The number of ether oxygens (including phenoxy) is 1. The average Bonchev–Trinajstić information content (AvgIpc) is 3.59. The van der Waals surface area contributed by atoms with Crippen molar-refractivity contribution in [2.75, 3.05) is 45.9 Å². The van der Waals surface area contributed by atoms with Crippen LogP contribution in [0.4, 0.5) is 9.18 Å². The molecule has 5 fully saturated rings. The number of hydrogen-bond acceptors (Lipinski definition) is 9. The van der Waals surface area contributed by atoms with Gasteiger partial charge in [-0.2, -0.15) is 0 Å². The highest BCUT2D eigenvalue weighted by Crippen LogP contribution is 2.73. The van der Waals surface area contributed by atoms with Gasteiger partial charge in [-0.25, -0.2) is 19.0 Å². The maximum Gasteiger partial charge on any atom is 0.338 e. The zero-order valence-electron chi connectivity index (χ0n) is 24.7. The second-order valence-electron chi connectivity index (χ2n) is 12.8. The van der Waals surface area contributed by atoms with Crippen molar-refractivity contribution < 1.29 is 28.6 Å². The van der Waals surface area contributed by atoms with Crippen molar-refractivity contribution in [2.45, 2.75) is 45.2 Å². The summed E-state index contributed by atoms with van der Waals surface area (Å²) in [7, 11) is 0. The largest absolute Gasteiger partial charge is 0.481 e. The third-order valence-corrected chi connectivity index (χ3v) is 10.7. The lowest BCUT2D eigenvalue weighted by Gasteiger charge is -2.68. The minimum absolute atomic E-state index is 0.0133. The number of carboxylic acids is 1. The van der Waals surface area contributed by atoms with Gasteiger partial charge in [0.05, 0.1) is 23.6 Å². The Morgan fingerprint density at radius 3 is 2.73 bits per heavy atom. The molecule has 11 nitrogen and oxygen atoms in total. The van der Waals surface area contributed by atoms with E-state index in [4.69, 9.17) is 9.73 Å². The highest BCUT2D eigenvalue weighted by Gasteiger charge is 2.72. The molecule has 2 saturated heterocycles. The SMILES string of the molecule is CCOC(=O)C1=C(CN2CCN3C(=O)N(CC45CC(C(=O)O)(C4)C5)C[C@@H]3C2)NC(c2nccs2)=N[C@H]1c1cccc(F)c1C. The van der Waals surface area contributed by atoms with Crippen LogP contribution in [-0.4, -0.2) is 101 Å². The van der Waals surface area contributed by atoms with Crippen molar-refractivity contribution in [1.82, 2.24) is 25.0 Å². The van der Waals surface area contributed by atoms with Gasteiger partial charge in [-0.05, 0) is 55.7 Å². The van der Waals surface area contributed by atoms with E-state index in [9.17, 15) is 23.9 Å². The Morgan fingerprint density at radius 1 is 1.23 bits per heavy atom. The molecular weight excluding hydrogens is 587 g/mol. The molecule has 1 aromatic heterocycles. The summed E-state index contributed by atoms with van der Waals surface area (Å²) in [5.74, 6) is -1.09. The lowest BCUT2D eigenvalue weighted by molar-refractivity contribution is -0.225. The van der Waals surface area contributed by atoms with Gasteiger partial charge in [0, 0.05) is 56.5 Å². The number of nitrogens with zero attached hydrogens (tertiary/aromatic N) is 5. The van der Waals surface area contributed by atoms with Crippen molar-refractivity contribution in [1.29, 1.82) is 0 Å². The first-order chi connectivity index (χ1) is 21.1. The molecule has 0 spiro atoms. The van der Waals surface area contributed by atoms with Gasteiger partial charge in [0.15, 0.2) is 10.8 Å². The number of hydrogen-bond donors (Lipinski definition) is 2. The fourth-order valence-electron chi connectivity index (χ4n) is 7.90. The van der Waals surface area contributed by atoms with E-state index < -0.39 is 23.4 Å². The first-order valence-electron chi connectivity index (χ1n) is 15.0. The minimum atomic E-state index is -0.785. The molecule has 2 N–H and O–H groups in total. The zero-order chi connectivity index (χ0) is 30.8. The molecule has 6 aliphatic rings. The van der Waals surface area contributed by atoms with Crippen molar-refractivity contribution in [3.63, 3.8) is 0 Å². The molecule has 13 heteroatoms. The van der Waals surface area contributed by atoms with E-state index in [1.54, 1.807) is 32.2 Å². The number of aromatic nitrogens is 1. The van der Waals surface area contributed by atoms with Gasteiger partial charge >= 0.3 is 18.0 Å². The van der Waals surface area contributed by atoms with Crippen LogP contribution < -0.4 is 5.32 Å². The molecule has 4 heterocycles. The molecule has 8 rings (SSSR count). The number of thiazole rings is 1. The first-order valence-corrected chi connectivity index (χ1v) is 15.9. The molecule has 0 radical (unpaired) electrons. The lowest BCUT2D eigenvalue weighted by atomic mass is 9.35. The van der Waals surface area contributed by atoms with E-state index in [0.717, 1.165) is 0 Å². The summed E-state index contributed by atoms with van der Waals surface area (Å²) in [6.07, 6.45) is 3.65. The van der Waals surface area contributed by atoms with Gasteiger partial charge in [-0.15, -0.1) is 11.3 Å². The monoisotopic (exact) mass is 622 g/mol. The number of esters is 1. The van der Waals surface area contributed by atoms with Gasteiger partial charge in [-0.1, -0.05) is 12.1 Å². The van der Waals surface area contributed by atoms with E-state index >= 15 is 0 Å². The number of rotatable bonds is 9. The fourth-order valence-corrected chi connectivity index (χ4v) is 8.49. The van der Waals surface area contributed by atoms with Crippen LogP contribution in [0.1, 0.15) is 48.4 Å². The van der Waals surface area contributed by atoms with Crippen LogP contribution >= 0.6 is 11.3 Å². The number of fused-ring (bicyclic) bond motifs is 1. The number of benzene rings is 1. The third-order valence-electron chi connectivity index (χ3n) is 9.88. The number of carboxylic acid groups (broad SMARTS) is 1. The second kappa shape index (κ2) is 10.7. The number of halogens is 1. The summed E-state index contributed by atoms with van der Waals surface area (Å²) in [5.41, 5.74) is 1.35. The van der Waals surface area contributed by atoms with E-state index in [-0.39, 0.29) is 29.9 Å². The molecular formula is C31H35FN6O5S. The van der Waals surface area contributed by atoms with Crippen LogP contribution in [0, 0.1) is 23.6 Å². The van der Waals surface area contributed by atoms with E-state index in [1.165, 1.54) is 17.4 Å². The Morgan fingerprint density at radius 2 is 2.02 bits per heavy atom.